The number of aryl methyl sites for hydroxylation is 1. The zero-order valence-electron chi connectivity index (χ0n) is 12.5. The number of tetrazole rings is 1. The Balaban J connectivity index is 1.86. The number of hydrogen-bond donors (Lipinski definition) is 1. The van der Waals surface area contributed by atoms with Crippen LogP contribution in [0.5, 0.6) is 0 Å². The zero-order chi connectivity index (χ0) is 15.1. The van der Waals surface area contributed by atoms with E-state index in [0.717, 1.165) is 12.8 Å². The molecule has 0 bridgehead atoms. The number of rotatable bonds is 4. The Morgan fingerprint density at radius 3 is 2.57 bits per heavy atom. The highest BCUT2D eigenvalue weighted by atomic mass is 16.2. The quantitative estimate of drug-likeness (QED) is 0.805. The molecule has 2 fully saturated rings. The van der Waals surface area contributed by atoms with E-state index in [2.05, 4.69) is 20.7 Å². The third-order valence-electron chi connectivity index (χ3n) is 4.05. The maximum Gasteiger partial charge on any atom is 0.246 e. The summed E-state index contributed by atoms with van der Waals surface area (Å²) in [6.07, 6.45) is 1.98. The summed E-state index contributed by atoms with van der Waals surface area (Å²) in [7, 11) is 1.68. The lowest BCUT2D eigenvalue weighted by molar-refractivity contribution is -0.152. The average Bonchev–Trinajstić information content (AvgIpc) is 3.16. The van der Waals surface area contributed by atoms with Crippen molar-refractivity contribution in [2.24, 2.45) is 18.9 Å². The van der Waals surface area contributed by atoms with Crippen LogP contribution in [0.2, 0.25) is 0 Å². The predicted molar refractivity (Wildman–Crippen MR) is 72.6 cm³/mol. The molecule has 0 spiro atoms. The lowest BCUT2D eigenvalue weighted by Gasteiger charge is -2.39. The first-order valence-electron chi connectivity index (χ1n) is 7.31. The van der Waals surface area contributed by atoms with E-state index in [-0.39, 0.29) is 30.2 Å². The molecule has 1 saturated carbocycles. The van der Waals surface area contributed by atoms with Crippen LogP contribution in [-0.4, -0.2) is 49.0 Å². The number of hydrogen-bond acceptors (Lipinski definition) is 5. The molecule has 21 heavy (non-hydrogen) atoms. The van der Waals surface area contributed by atoms with Crippen LogP contribution in [0.1, 0.15) is 32.5 Å². The van der Waals surface area contributed by atoms with Crippen molar-refractivity contribution < 1.29 is 9.59 Å². The maximum atomic E-state index is 12.7. The molecule has 114 valence electrons. The molecule has 1 N–H and O–H groups in total. The number of carbonyl (C=O) groups is 2. The number of nitrogens with one attached hydrogen (secondary N) is 1. The van der Waals surface area contributed by atoms with E-state index in [1.165, 1.54) is 4.80 Å². The van der Waals surface area contributed by atoms with Crippen molar-refractivity contribution in [2.75, 3.05) is 0 Å². The van der Waals surface area contributed by atoms with Gasteiger partial charge >= 0.3 is 0 Å². The van der Waals surface area contributed by atoms with Crippen molar-refractivity contribution in [1.29, 1.82) is 0 Å². The van der Waals surface area contributed by atoms with Crippen molar-refractivity contribution in [3.8, 4) is 0 Å². The first kappa shape index (κ1) is 14.0. The molecule has 2 amide bonds. The summed E-state index contributed by atoms with van der Waals surface area (Å²) in [5, 5.41) is 14.7. The second-order valence-electron chi connectivity index (χ2n) is 6.17. The topological polar surface area (TPSA) is 93.0 Å². The van der Waals surface area contributed by atoms with Crippen LogP contribution in [0.15, 0.2) is 0 Å². The fraction of sp³-hybridized carbons (Fsp3) is 0.769. The molecule has 1 aromatic rings. The van der Waals surface area contributed by atoms with Gasteiger partial charge in [0.2, 0.25) is 11.8 Å². The van der Waals surface area contributed by atoms with Crippen LogP contribution in [0.3, 0.4) is 0 Å². The molecule has 2 heterocycles. The molecule has 0 aromatic carbocycles. The summed E-state index contributed by atoms with van der Waals surface area (Å²) in [5.74, 6) is 0.681. The van der Waals surface area contributed by atoms with Crippen LogP contribution in [0.4, 0.5) is 0 Å². The first-order chi connectivity index (χ1) is 9.97. The van der Waals surface area contributed by atoms with Gasteiger partial charge in [-0.1, -0.05) is 13.8 Å². The van der Waals surface area contributed by atoms with Gasteiger partial charge < -0.3 is 10.2 Å². The molecule has 1 aliphatic carbocycles. The number of nitrogens with zero attached hydrogens (tertiary/aromatic N) is 5. The Labute approximate surface area is 122 Å². The molecule has 2 unspecified atom stereocenters. The largest absolute Gasteiger partial charge is 0.342 e. The molecule has 8 heteroatoms. The molecule has 8 nitrogen and oxygen atoms in total. The van der Waals surface area contributed by atoms with Crippen LogP contribution in [0, 0.1) is 11.8 Å². The van der Waals surface area contributed by atoms with Gasteiger partial charge in [-0.2, -0.15) is 4.80 Å². The Bertz CT molecular complexity index is 565. The molecule has 0 radical (unpaired) electrons. The SMILES string of the molecule is CC(C)C1NC(=O)C(C2CC2)N(Cc2nnn(C)n2)C1=O. The van der Waals surface area contributed by atoms with Gasteiger partial charge in [0.05, 0.1) is 13.6 Å². The summed E-state index contributed by atoms with van der Waals surface area (Å²) in [4.78, 5) is 28.1. The van der Waals surface area contributed by atoms with E-state index >= 15 is 0 Å². The molecule has 1 aliphatic heterocycles. The molecule has 2 atom stereocenters. The summed E-state index contributed by atoms with van der Waals surface area (Å²) < 4.78 is 0. The first-order valence-corrected chi connectivity index (χ1v) is 7.31. The smallest absolute Gasteiger partial charge is 0.246 e. The van der Waals surface area contributed by atoms with Gasteiger partial charge in [-0.05, 0) is 29.9 Å². The number of aromatic nitrogens is 4. The standard InChI is InChI=1S/C13H20N6O2/c1-7(2)10-13(21)19(6-9-15-17-18(3)16-9)11(8-4-5-8)12(20)14-10/h7-8,10-11H,4-6H2,1-3H3,(H,14,20). The molecule has 1 aromatic heterocycles. The van der Waals surface area contributed by atoms with Crippen molar-refractivity contribution in [3.05, 3.63) is 5.82 Å². The normalized spacial score (nSPS) is 26.4. The minimum Gasteiger partial charge on any atom is -0.342 e. The average molecular weight is 292 g/mol. The van der Waals surface area contributed by atoms with Gasteiger partial charge in [0, 0.05) is 0 Å². The van der Waals surface area contributed by atoms with Crippen molar-refractivity contribution in [1.82, 2.24) is 30.4 Å². The van der Waals surface area contributed by atoms with Gasteiger partial charge in [0.1, 0.15) is 12.1 Å². The second-order valence-corrected chi connectivity index (χ2v) is 6.17. The minimum atomic E-state index is -0.468. The lowest BCUT2D eigenvalue weighted by Crippen LogP contribution is -2.65. The van der Waals surface area contributed by atoms with E-state index in [0.29, 0.717) is 5.82 Å². The van der Waals surface area contributed by atoms with Gasteiger partial charge in [-0.15, -0.1) is 10.2 Å². The van der Waals surface area contributed by atoms with Gasteiger partial charge in [0.15, 0.2) is 5.82 Å². The van der Waals surface area contributed by atoms with Crippen LogP contribution in [0.25, 0.3) is 0 Å². The van der Waals surface area contributed by atoms with Crippen molar-refractivity contribution in [2.45, 2.75) is 45.3 Å². The lowest BCUT2D eigenvalue weighted by atomic mass is 9.96. The van der Waals surface area contributed by atoms with Gasteiger partial charge in [-0.25, -0.2) is 0 Å². The minimum absolute atomic E-state index is 0.0473. The number of carbonyl (C=O) groups excluding carboxylic acids is 2. The highest BCUT2D eigenvalue weighted by Crippen LogP contribution is 2.37. The zero-order valence-corrected chi connectivity index (χ0v) is 12.5. The van der Waals surface area contributed by atoms with E-state index in [9.17, 15) is 9.59 Å². The molecule has 3 rings (SSSR count). The van der Waals surface area contributed by atoms with Crippen molar-refractivity contribution >= 4 is 11.8 Å². The Kier molecular flexibility index (Phi) is 3.38. The summed E-state index contributed by atoms with van der Waals surface area (Å²) >= 11 is 0. The van der Waals surface area contributed by atoms with E-state index in [4.69, 9.17) is 0 Å². The van der Waals surface area contributed by atoms with E-state index < -0.39 is 12.1 Å². The van der Waals surface area contributed by atoms with Crippen LogP contribution < -0.4 is 5.32 Å². The fourth-order valence-corrected chi connectivity index (χ4v) is 2.81. The van der Waals surface area contributed by atoms with E-state index in [1.54, 1.807) is 11.9 Å². The summed E-state index contributed by atoms with van der Waals surface area (Å²) in [6, 6.07) is -0.861. The molecular weight excluding hydrogens is 272 g/mol. The number of piperazine rings is 1. The third kappa shape index (κ3) is 2.62. The van der Waals surface area contributed by atoms with Gasteiger partial charge in [0.25, 0.3) is 0 Å². The molecular formula is C13H20N6O2. The van der Waals surface area contributed by atoms with Crippen LogP contribution >= 0.6 is 0 Å². The van der Waals surface area contributed by atoms with Crippen LogP contribution in [-0.2, 0) is 23.2 Å². The highest BCUT2D eigenvalue weighted by molar-refractivity contribution is 5.97. The highest BCUT2D eigenvalue weighted by Gasteiger charge is 2.48. The summed E-state index contributed by atoms with van der Waals surface area (Å²) in [6.45, 7) is 4.10. The number of amides is 2. The van der Waals surface area contributed by atoms with Crippen molar-refractivity contribution in [3.63, 3.8) is 0 Å². The van der Waals surface area contributed by atoms with Gasteiger partial charge in [-0.3, -0.25) is 9.59 Å². The maximum absolute atomic E-state index is 12.7. The Morgan fingerprint density at radius 1 is 1.33 bits per heavy atom. The second kappa shape index (κ2) is 5.09. The van der Waals surface area contributed by atoms with E-state index in [1.807, 2.05) is 13.8 Å². The molecule has 2 aliphatic rings. The summed E-state index contributed by atoms with van der Waals surface area (Å²) in [5.41, 5.74) is 0. The Morgan fingerprint density at radius 2 is 2.05 bits per heavy atom. The molecule has 1 saturated heterocycles. The Hall–Kier alpha value is -1.99. The monoisotopic (exact) mass is 292 g/mol. The third-order valence-corrected chi connectivity index (χ3v) is 4.05. The fourth-order valence-electron chi connectivity index (χ4n) is 2.81. The predicted octanol–water partition coefficient (Wildman–Crippen LogP) is -0.528.